The third-order valence-corrected chi connectivity index (χ3v) is 6.30. The lowest BCUT2D eigenvalue weighted by Crippen LogP contribution is -2.38. The first-order valence-corrected chi connectivity index (χ1v) is 10.9. The number of pyridine rings is 1. The second-order valence-electron chi connectivity index (χ2n) is 8.46. The van der Waals surface area contributed by atoms with Gasteiger partial charge in [-0.25, -0.2) is 9.97 Å². The summed E-state index contributed by atoms with van der Waals surface area (Å²) in [5, 5.41) is 7.63. The maximum atomic E-state index is 13.0. The second-order valence-corrected chi connectivity index (χ2v) is 8.46. The third kappa shape index (κ3) is 4.02. The molecule has 0 spiro atoms. The summed E-state index contributed by atoms with van der Waals surface area (Å²) in [6, 6.07) is 6.40. The van der Waals surface area contributed by atoms with E-state index >= 15 is 0 Å². The lowest BCUT2D eigenvalue weighted by Gasteiger charge is -2.32. The zero-order valence-corrected chi connectivity index (χ0v) is 18.0. The number of likely N-dealkylation sites (tertiary alicyclic amines) is 1. The third-order valence-electron chi connectivity index (χ3n) is 6.30. The van der Waals surface area contributed by atoms with E-state index < -0.39 is 0 Å². The van der Waals surface area contributed by atoms with E-state index in [4.69, 9.17) is 4.98 Å². The molecule has 1 saturated heterocycles. The van der Waals surface area contributed by atoms with Gasteiger partial charge in [0.2, 0.25) is 5.95 Å². The molecule has 2 aliphatic rings. The molecule has 0 radical (unpaired) electrons. The largest absolute Gasteiger partial charge is 0.351 e. The Morgan fingerprint density at radius 3 is 2.55 bits per heavy atom. The van der Waals surface area contributed by atoms with Gasteiger partial charge in [-0.3, -0.25) is 14.5 Å². The molecule has 8 nitrogen and oxygen atoms in total. The summed E-state index contributed by atoms with van der Waals surface area (Å²) in [5.41, 5.74) is 4.49. The first-order valence-electron chi connectivity index (χ1n) is 10.9. The summed E-state index contributed by atoms with van der Waals surface area (Å²) in [5.74, 6) is 1.02. The Kier molecular flexibility index (Phi) is 5.13. The van der Waals surface area contributed by atoms with Crippen LogP contribution in [0.3, 0.4) is 0 Å². The minimum Gasteiger partial charge on any atom is -0.351 e. The number of carbonyl (C=O) groups excluding carboxylic acids is 1. The number of carbonyl (C=O) groups is 1. The van der Waals surface area contributed by atoms with E-state index in [2.05, 4.69) is 20.4 Å². The van der Waals surface area contributed by atoms with Crippen LogP contribution in [0, 0.1) is 6.92 Å². The highest BCUT2D eigenvalue weighted by Gasteiger charge is 2.30. The van der Waals surface area contributed by atoms with E-state index in [1.807, 2.05) is 43.3 Å². The number of nitrogens with one attached hydrogen (secondary N) is 1. The molecule has 1 aliphatic heterocycles. The van der Waals surface area contributed by atoms with E-state index in [-0.39, 0.29) is 11.8 Å². The number of amides is 1. The summed E-state index contributed by atoms with van der Waals surface area (Å²) in [7, 11) is 1.86. The number of hydrogen-bond donors (Lipinski definition) is 1. The highest BCUT2D eigenvalue weighted by atomic mass is 16.2. The second kappa shape index (κ2) is 8.09. The highest BCUT2D eigenvalue weighted by molar-refractivity contribution is 5.95. The van der Waals surface area contributed by atoms with Gasteiger partial charge in [0.25, 0.3) is 5.91 Å². The first kappa shape index (κ1) is 19.7. The number of aromatic nitrogens is 5. The van der Waals surface area contributed by atoms with Crippen LogP contribution in [0.25, 0.3) is 11.3 Å². The fourth-order valence-corrected chi connectivity index (χ4v) is 4.14. The number of hydrogen-bond acceptors (Lipinski definition) is 6. The number of piperidine rings is 1. The van der Waals surface area contributed by atoms with Crippen LogP contribution < -0.4 is 5.32 Å². The van der Waals surface area contributed by atoms with Crippen LogP contribution in [0.2, 0.25) is 0 Å². The maximum Gasteiger partial charge on any atom is 0.257 e. The number of rotatable bonds is 5. The molecule has 1 amide bonds. The summed E-state index contributed by atoms with van der Waals surface area (Å²) in [6.07, 6.45) is 9.45. The van der Waals surface area contributed by atoms with E-state index in [0.29, 0.717) is 30.6 Å². The minimum atomic E-state index is 0.0628. The van der Waals surface area contributed by atoms with Gasteiger partial charge in [-0.1, -0.05) is 6.07 Å². The molecular weight excluding hydrogens is 390 g/mol. The van der Waals surface area contributed by atoms with Crippen LogP contribution in [0.15, 0.2) is 36.8 Å². The molecular formula is C23H27N7O. The SMILES string of the molecule is Cc1c(C(=O)N2CCC(c3nc(NC4CC4)ncc3-c3ccccn3)CC2)cnn1C. The molecule has 4 heterocycles. The number of nitrogens with zero attached hydrogens (tertiary/aromatic N) is 6. The Balaban J connectivity index is 1.37. The van der Waals surface area contributed by atoms with Gasteiger partial charge in [0, 0.05) is 55.7 Å². The smallest absolute Gasteiger partial charge is 0.257 e. The lowest BCUT2D eigenvalue weighted by molar-refractivity contribution is 0.0711. The van der Waals surface area contributed by atoms with Crippen molar-refractivity contribution in [2.45, 2.75) is 44.6 Å². The van der Waals surface area contributed by atoms with Gasteiger partial charge >= 0.3 is 0 Å². The Morgan fingerprint density at radius 1 is 1.10 bits per heavy atom. The van der Waals surface area contributed by atoms with Gasteiger partial charge in [-0.15, -0.1) is 0 Å². The van der Waals surface area contributed by atoms with E-state index in [1.54, 1.807) is 17.1 Å². The molecule has 0 unspecified atom stereocenters. The van der Waals surface area contributed by atoms with Gasteiger partial charge < -0.3 is 10.2 Å². The van der Waals surface area contributed by atoms with Crippen LogP contribution in [-0.2, 0) is 7.05 Å². The molecule has 1 saturated carbocycles. The molecule has 0 aromatic carbocycles. The van der Waals surface area contributed by atoms with Gasteiger partial charge in [0.05, 0.1) is 23.1 Å². The molecule has 0 atom stereocenters. The molecule has 31 heavy (non-hydrogen) atoms. The van der Waals surface area contributed by atoms with Crippen LogP contribution in [0.1, 0.15) is 53.3 Å². The predicted octanol–water partition coefficient (Wildman–Crippen LogP) is 3.17. The van der Waals surface area contributed by atoms with Crippen LogP contribution in [0.4, 0.5) is 5.95 Å². The topological polar surface area (TPSA) is 88.8 Å². The zero-order chi connectivity index (χ0) is 21.4. The van der Waals surface area contributed by atoms with Crippen molar-refractivity contribution in [3.63, 3.8) is 0 Å². The van der Waals surface area contributed by atoms with Crippen molar-refractivity contribution in [2.24, 2.45) is 7.05 Å². The standard InChI is InChI=1S/C23H27N7O/c1-15-18(14-26-29(15)2)22(31)30-11-8-16(9-12-30)21-19(20-5-3-4-10-24-20)13-25-23(28-21)27-17-6-7-17/h3-5,10,13-14,16-17H,6-9,11-12H2,1-2H3,(H,25,27,28). The molecule has 8 heteroatoms. The Morgan fingerprint density at radius 2 is 1.90 bits per heavy atom. The summed E-state index contributed by atoms with van der Waals surface area (Å²) in [6.45, 7) is 3.34. The van der Waals surface area contributed by atoms with Crippen molar-refractivity contribution in [3.8, 4) is 11.3 Å². The molecule has 3 aromatic heterocycles. The fraction of sp³-hybridized carbons (Fsp3) is 0.435. The summed E-state index contributed by atoms with van der Waals surface area (Å²) >= 11 is 0. The quantitative estimate of drug-likeness (QED) is 0.686. The molecule has 3 aromatic rings. The van der Waals surface area contributed by atoms with Gasteiger partial charge in [-0.2, -0.15) is 5.10 Å². The zero-order valence-electron chi connectivity index (χ0n) is 18.0. The minimum absolute atomic E-state index is 0.0628. The highest BCUT2D eigenvalue weighted by Crippen LogP contribution is 2.34. The van der Waals surface area contributed by atoms with Crippen molar-refractivity contribution in [3.05, 3.63) is 53.7 Å². The monoisotopic (exact) mass is 417 g/mol. The predicted molar refractivity (Wildman–Crippen MR) is 118 cm³/mol. The average Bonchev–Trinajstić information content (AvgIpc) is 3.57. The molecule has 1 N–H and O–H groups in total. The van der Waals surface area contributed by atoms with Crippen molar-refractivity contribution in [2.75, 3.05) is 18.4 Å². The molecule has 1 aliphatic carbocycles. The van der Waals surface area contributed by atoms with Gasteiger partial charge in [0.1, 0.15) is 0 Å². The Hall–Kier alpha value is -3.29. The number of anilines is 1. The normalized spacial score (nSPS) is 17.0. The van der Waals surface area contributed by atoms with Crippen molar-refractivity contribution in [1.82, 2.24) is 29.6 Å². The van der Waals surface area contributed by atoms with Crippen LogP contribution in [0.5, 0.6) is 0 Å². The Bertz CT molecular complexity index is 1080. The number of aryl methyl sites for hydroxylation is 1. The van der Waals surface area contributed by atoms with E-state index in [1.165, 1.54) is 12.8 Å². The van der Waals surface area contributed by atoms with E-state index in [9.17, 15) is 4.79 Å². The van der Waals surface area contributed by atoms with Crippen molar-refractivity contribution in [1.29, 1.82) is 0 Å². The first-order chi connectivity index (χ1) is 15.1. The fourth-order valence-electron chi connectivity index (χ4n) is 4.14. The summed E-state index contributed by atoms with van der Waals surface area (Å²) < 4.78 is 1.74. The molecule has 160 valence electrons. The maximum absolute atomic E-state index is 13.0. The van der Waals surface area contributed by atoms with Crippen molar-refractivity contribution < 1.29 is 4.79 Å². The average molecular weight is 418 g/mol. The van der Waals surface area contributed by atoms with Gasteiger partial charge in [0.15, 0.2) is 0 Å². The van der Waals surface area contributed by atoms with Crippen molar-refractivity contribution >= 4 is 11.9 Å². The molecule has 5 rings (SSSR count). The molecule has 2 fully saturated rings. The lowest BCUT2D eigenvalue weighted by atomic mass is 9.89. The van der Waals surface area contributed by atoms with Gasteiger partial charge in [-0.05, 0) is 44.7 Å². The van der Waals surface area contributed by atoms with E-state index in [0.717, 1.165) is 35.5 Å². The Labute approximate surface area is 181 Å². The summed E-state index contributed by atoms with van der Waals surface area (Å²) in [4.78, 5) is 28.9. The van der Waals surface area contributed by atoms with Crippen LogP contribution >= 0.6 is 0 Å². The van der Waals surface area contributed by atoms with Crippen LogP contribution in [-0.4, -0.2) is 54.7 Å². The molecule has 0 bridgehead atoms.